The van der Waals surface area contributed by atoms with Gasteiger partial charge in [-0.3, -0.25) is 4.21 Å². The van der Waals surface area contributed by atoms with Gasteiger partial charge in [-0.15, -0.1) is 0 Å². The molecule has 0 spiro atoms. The molecule has 2 rings (SSSR count). The molecule has 102 valence electrons. The summed E-state index contributed by atoms with van der Waals surface area (Å²) >= 11 is 3.38. The molecule has 0 saturated heterocycles. The lowest BCUT2D eigenvalue weighted by Gasteiger charge is -2.08. The number of rotatable bonds is 5. The summed E-state index contributed by atoms with van der Waals surface area (Å²) in [4.78, 5) is 0.754. The van der Waals surface area contributed by atoms with E-state index in [4.69, 9.17) is 10.00 Å². The van der Waals surface area contributed by atoms with Gasteiger partial charge in [0.2, 0.25) is 0 Å². The van der Waals surface area contributed by atoms with Crippen molar-refractivity contribution < 1.29 is 8.95 Å². The van der Waals surface area contributed by atoms with E-state index in [0.29, 0.717) is 23.7 Å². The van der Waals surface area contributed by atoms with Crippen LogP contribution < -0.4 is 4.74 Å². The third-order valence-corrected chi connectivity index (χ3v) is 4.95. The minimum Gasteiger partial charge on any atom is -0.491 e. The maximum Gasteiger partial charge on any atom is 0.137 e. The number of halogens is 1. The SMILES string of the molecule is N#Cc1ccccc1OCCS(=O)c1ccccc1Br. The number of benzene rings is 2. The lowest BCUT2D eigenvalue weighted by Crippen LogP contribution is -2.09. The van der Waals surface area contributed by atoms with Crippen molar-refractivity contribution in [2.75, 3.05) is 12.4 Å². The van der Waals surface area contributed by atoms with E-state index in [-0.39, 0.29) is 0 Å². The minimum absolute atomic E-state index is 0.298. The Morgan fingerprint density at radius 3 is 2.60 bits per heavy atom. The Balaban J connectivity index is 1.95. The normalized spacial score (nSPS) is 11.6. The molecule has 3 nitrogen and oxygen atoms in total. The molecule has 2 aromatic rings. The molecule has 0 aliphatic carbocycles. The predicted octanol–water partition coefficient (Wildman–Crippen LogP) is 3.51. The third kappa shape index (κ3) is 3.69. The fourth-order valence-electron chi connectivity index (χ4n) is 1.65. The fourth-order valence-corrected chi connectivity index (χ4v) is 3.45. The Morgan fingerprint density at radius 1 is 1.15 bits per heavy atom. The summed E-state index contributed by atoms with van der Waals surface area (Å²) in [7, 11) is -1.13. The van der Waals surface area contributed by atoms with Gasteiger partial charge in [-0.2, -0.15) is 5.26 Å². The predicted molar refractivity (Wildman–Crippen MR) is 82.1 cm³/mol. The van der Waals surface area contributed by atoms with Crippen molar-refractivity contribution in [2.45, 2.75) is 4.90 Å². The first kappa shape index (κ1) is 14.8. The molecule has 0 aromatic heterocycles. The van der Waals surface area contributed by atoms with Crippen LogP contribution in [0.1, 0.15) is 5.56 Å². The number of nitrogens with zero attached hydrogens (tertiary/aromatic N) is 1. The molecule has 5 heteroatoms. The summed E-state index contributed by atoms with van der Waals surface area (Å²) in [6, 6.07) is 16.5. The number of hydrogen-bond acceptors (Lipinski definition) is 3. The van der Waals surface area contributed by atoms with Crippen molar-refractivity contribution in [2.24, 2.45) is 0 Å². The second-order valence-electron chi connectivity index (χ2n) is 3.94. The molecule has 2 aromatic carbocycles. The van der Waals surface area contributed by atoms with Crippen molar-refractivity contribution in [1.29, 1.82) is 5.26 Å². The number of ether oxygens (including phenoxy) is 1. The van der Waals surface area contributed by atoms with Gasteiger partial charge >= 0.3 is 0 Å². The summed E-state index contributed by atoms with van der Waals surface area (Å²) < 4.78 is 18.5. The Hall–Kier alpha value is -1.64. The maximum atomic E-state index is 12.1. The van der Waals surface area contributed by atoms with Crippen molar-refractivity contribution in [3.05, 3.63) is 58.6 Å². The zero-order valence-electron chi connectivity index (χ0n) is 10.6. The Morgan fingerprint density at radius 2 is 1.85 bits per heavy atom. The smallest absolute Gasteiger partial charge is 0.137 e. The van der Waals surface area contributed by atoms with E-state index in [1.807, 2.05) is 24.3 Å². The number of para-hydroxylation sites is 1. The molecule has 0 saturated carbocycles. The summed E-state index contributed by atoms with van der Waals surface area (Å²) in [5.41, 5.74) is 0.485. The van der Waals surface area contributed by atoms with Crippen molar-refractivity contribution in [1.82, 2.24) is 0 Å². The van der Waals surface area contributed by atoms with Gasteiger partial charge in [0.1, 0.15) is 18.4 Å². The van der Waals surface area contributed by atoms with E-state index in [0.717, 1.165) is 9.37 Å². The van der Waals surface area contributed by atoms with Gasteiger partial charge in [-0.25, -0.2) is 0 Å². The van der Waals surface area contributed by atoms with Gasteiger partial charge in [0.15, 0.2) is 0 Å². The summed E-state index contributed by atoms with van der Waals surface area (Å²) in [5, 5.41) is 8.95. The Labute approximate surface area is 128 Å². The van der Waals surface area contributed by atoms with Crippen molar-refractivity contribution >= 4 is 26.7 Å². The topological polar surface area (TPSA) is 50.1 Å². The highest BCUT2D eigenvalue weighted by Gasteiger charge is 2.08. The van der Waals surface area contributed by atoms with Crippen LogP contribution >= 0.6 is 15.9 Å². The van der Waals surface area contributed by atoms with Crippen LogP contribution in [0.3, 0.4) is 0 Å². The molecule has 1 atom stereocenters. The first-order valence-corrected chi connectivity index (χ1v) is 8.08. The first-order valence-electron chi connectivity index (χ1n) is 5.97. The van der Waals surface area contributed by atoms with Crippen LogP contribution in [0, 0.1) is 11.3 Å². The van der Waals surface area contributed by atoms with Gasteiger partial charge in [0.05, 0.1) is 27.0 Å². The molecular weight excluding hydrogens is 338 g/mol. The largest absolute Gasteiger partial charge is 0.491 e. The molecule has 1 unspecified atom stereocenters. The lowest BCUT2D eigenvalue weighted by molar-refractivity contribution is 0.341. The highest BCUT2D eigenvalue weighted by molar-refractivity contribution is 9.10. The molecule has 0 heterocycles. The fraction of sp³-hybridized carbons (Fsp3) is 0.133. The minimum atomic E-state index is -1.13. The average Bonchev–Trinajstić information content (AvgIpc) is 2.48. The van der Waals surface area contributed by atoms with Crippen LogP contribution in [0.4, 0.5) is 0 Å². The van der Waals surface area contributed by atoms with E-state index in [9.17, 15) is 4.21 Å². The quantitative estimate of drug-likeness (QED) is 0.829. The van der Waals surface area contributed by atoms with E-state index in [1.54, 1.807) is 24.3 Å². The Bertz CT molecular complexity index is 667. The van der Waals surface area contributed by atoms with Crippen LogP contribution in [0.25, 0.3) is 0 Å². The molecule has 0 aliphatic rings. The molecule has 20 heavy (non-hydrogen) atoms. The molecule has 0 N–H and O–H groups in total. The van der Waals surface area contributed by atoms with Crippen LogP contribution in [-0.4, -0.2) is 16.6 Å². The standard InChI is InChI=1S/C15H12BrNO2S/c16-13-6-2-4-8-15(13)20(18)10-9-19-14-7-3-1-5-12(14)11-17/h1-8H,9-10H2. The van der Waals surface area contributed by atoms with Crippen LogP contribution in [-0.2, 0) is 10.8 Å². The van der Waals surface area contributed by atoms with Gasteiger partial charge in [0, 0.05) is 4.47 Å². The maximum absolute atomic E-state index is 12.1. The zero-order valence-corrected chi connectivity index (χ0v) is 13.0. The lowest BCUT2D eigenvalue weighted by atomic mass is 10.2. The molecule has 0 amide bonds. The van der Waals surface area contributed by atoms with Crippen molar-refractivity contribution in [3.63, 3.8) is 0 Å². The number of hydrogen-bond donors (Lipinski definition) is 0. The van der Waals surface area contributed by atoms with E-state index in [1.165, 1.54) is 0 Å². The van der Waals surface area contributed by atoms with Crippen LogP contribution in [0.5, 0.6) is 5.75 Å². The zero-order chi connectivity index (χ0) is 14.4. The molecule has 0 aliphatic heterocycles. The summed E-state index contributed by atoms with van der Waals surface area (Å²) in [6.45, 7) is 0.298. The van der Waals surface area contributed by atoms with Crippen LogP contribution in [0.2, 0.25) is 0 Å². The van der Waals surface area contributed by atoms with Gasteiger partial charge in [-0.05, 0) is 40.2 Å². The van der Waals surface area contributed by atoms with E-state index >= 15 is 0 Å². The van der Waals surface area contributed by atoms with Crippen LogP contribution in [0.15, 0.2) is 57.9 Å². The average molecular weight is 350 g/mol. The molecule has 0 fully saturated rings. The number of nitriles is 1. The molecular formula is C15H12BrNO2S. The molecule has 0 bridgehead atoms. The summed E-state index contributed by atoms with van der Waals surface area (Å²) in [5.74, 6) is 0.904. The van der Waals surface area contributed by atoms with E-state index < -0.39 is 10.8 Å². The highest BCUT2D eigenvalue weighted by Crippen LogP contribution is 2.20. The highest BCUT2D eigenvalue weighted by atomic mass is 79.9. The molecule has 0 radical (unpaired) electrons. The third-order valence-electron chi connectivity index (χ3n) is 2.62. The monoisotopic (exact) mass is 349 g/mol. The summed E-state index contributed by atoms with van der Waals surface area (Å²) in [6.07, 6.45) is 0. The second-order valence-corrected chi connectivity index (χ2v) is 6.33. The van der Waals surface area contributed by atoms with Gasteiger partial charge in [0.25, 0.3) is 0 Å². The second kappa shape index (κ2) is 7.22. The van der Waals surface area contributed by atoms with Gasteiger partial charge in [-0.1, -0.05) is 24.3 Å². The van der Waals surface area contributed by atoms with Crippen molar-refractivity contribution in [3.8, 4) is 11.8 Å². The Kier molecular flexibility index (Phi) is 5.33. The first-order chi connectivity index (χ1) is 9.72. The van der Waals surface area contributed by atoms with Gasteiger partial charge < -0.3 is 4.74 Å². The van der Waals surface area contributed by atoms with E-state index in [2.05, 4.69) is 22.0 Å².